The molecular weight excluding hydrogens is 378 g/mol. The Morgan fingerprint density at radius 1 is 1.03 bits per heavy atom. The van der Waals surface area contributed by atoms with Crippen LogP contribution in [-0.4, -0.2) is 69.7 Å². The molecular formula is C19H25N5O5. The zero-order valence-corrected chi connectivity index (χ0v) is 16.0. The number of amides is 1. The van der Waals surface area contributed by atoms with Gasteiger partial charge in [-0.05, 0) is 19.0 Å². The molecule has 29 heavy (non-hydrogen) atoms. The van der Waals surface area contributed by atoms with Gasteiger partial charge in [-0.15, -0.1) is 0 Å². The van der Waals surface area contributed by atoms with E-state index in [0.717, 1.165) is 5.56 Å². The van der Waals surface area contributed by atoms with E-state index in [1.807, 2.05) is 30.3 Å². The van der Waals surface area contributed by atoms with Crippen molar-refractivity contribution in [2.24, 2.45) is 0 Å². The number of likely N-dealkylation sites (N-methyl/N-ethyl adjacent to an activating group) is 1. The number of carbonyl (C=O) groups is 3. The number of imidazole rings is 1. The van der Waals surface area contributed by atoms with Gasteiger partial charge in [-0.1, -0.05) is 30.3 Å². The Labute approximate surface area is 167 Å². The van der Waals surface area contributed by atoms with Gasteiger partial charge in [0.25, 0.3) is 0 Å². The lowest BCUT2D eigenvalue weighted by Gasteiger charge is -2.22. The van der Waals surface area contributed by atoms with E-state index < -0.39 is 36.0 Å². The molecule has 0 unspecified atom stereocenters. The second kappa shape index (κ2) is 10.9. The molecule has 156 valence electrons. The summed E-state index contributed by atoms with van der Waals surface area (Å²) in [6, 6.07) is 6.40. The van der Waals surface area contributed by atoms with E-state index in [0.29, 0.717) is 12.1 Å². The van der Waals surface area contributed by atoms with Crippen LogP contribution in [-0.2, 0) is 27.2 Å². The van der Waals surface area contributed by atoms with Crippen LogP contribution in [0.25, 0.3) is 0 Å². The van der Waals surface area contributed by atoms with Gasteiger partial charge in [-0.25, -0.2) is 9.78 Å². The van der Waals surface area contributed by atoms with Crippen molar-refractivity contribution in [2.75, 3.05) is 13.6 Å². The van der Waals surface area contributed by atoms with Gasteiger partial charge in [0.2, 0.25) is 5.91 Å². The Morgan fingerprint density at radius 3 is 2.28 bits per heavy atom. The number of aromatic nitrogens is 2. The predicted molar refractivity (Wildman–Crippen MR) is 104 cm³/mol. The number of H-pyrrole nitrogens is 1. The van der Waals surface area contributed by atoms with Crippen LogP contribution in [0.1, 0.15) is 11.3 Å². The summed E-state index contributed by atoms with van der Waals surface area (Å²) in [6.07, 6.45) is 3.41. The molecule has 10 heteroatoms. The molecule has 0 bridgehead atoms. The summed E-state index contributed by atoms with van der Waals surface area (Å²) in [5.41, 5.74) is 1.52. The van der Waals surface area contributed by atoms with Crippen LogP contribution in [0, 0.1) is 0 Å². The average molecular weight is 403 g/mol. The fourth-order valence-corrected chi connectivity index (χ4v) is 2.77. The molecule has 1 amide bonds. The van der Waals surface area contributed by atoms with Crippen molar-refractivity contribution in [3.63, 3.8) is 0 Å². The van der Waals surface area contributed by atoms with Crippen molar-refractivity contribution in [3.05, 3.63) is 54.1 Å². The van der Waals surface area contributed by atoms with Gasteiger partial charge in [0.05, 0.1) is 12.4 Å². The normalized spacial score (nSPS) is 14.0. The first-order valence-electron chi connectivity index (χ1n) is 9.08. The van der Waals surface area contributed by atoms with E-state index >= 15 is 0 Å². The van der Waals surface area contributed by atoms with Crippen molar-refractivity contribution in [2.45, 2.75) is 31.0 Å². The van der Waals surface area contributed by atoms with Gasteiger partial charge in [-0.3, -0.25) is 9.59 Å². The van der Waals surface area contributed by atoms with Gasteiger partial charge in [0.15, 0.2) is 0 Å². The predicted octanol–water partition coefficient (Wildman–Crippen LogP) is -0.605. The number of aliphatic carboxylic acids is 2. The number of rotatable bonds is 12. The SMILES string of the molecule is CN[C@@H](Cc1ccccc1)C(=O)N[C@@H](CN[C@@H](Cc1cnc[nH]1)C(=O)O)C(=O)O. The zero-order valence-electron chi connectivity index (χ0n) is 16.0. The van der Waals surface area contributed by atoms with Crippen LogP contribution in [0.2, 0.25) is 0 Å². The van der Waals surface area contributed by atoms with Crippen LogP contribution in [0.5, 0.6) is 0 Å². The molecule has 0 radical (unpaired) electrons. The summed E-state index contributed by atoms with van der Waals surface area (Å²) >= 11 is 0. The number of benzene rings is 1. The molecule has 1 aromatic carbocycles. The fourth-order valence-electron chi connectivity index (χ4n) is 2.77. The number of nitrogens with one attached hydrogen (secondary N) is 4. The number of carbonyl (C=O) groups excluding carboxylic acids is 1. The number of nitrogens with zero attached hydrogens (tertiary/aromatic N) is 1. The first-order valence-corrected chi connectivity index (χ1v) is 9.08. The van der Waals surface area contributed by atoms with Gasteiger partial charge in [0, 0.05) is 24.9 Å². The fraction of sp³-hybridized carbons (Fsp3) is 0.368. The lowest BCUT2D eigenvalue weighted by molar-refractivity contribution is -0.143. The lowest BCUT2D eigenvalue weighted by atomic mass is 10.0. The number of hydrogen-bond donors (Lipinski definition) is 6. The summed E-state index contributed by atoms with van der Waals surface area (Å²) in [4.78, 5) is 42.2. The monoisotopic (exact) mass is 403 g/mol. The average Bonchev–Trinajstić information content (AvgIpc) is 3.21. The maximum absolute atomic E-state index is 12.5. The third kappa shape index (κ3) is 7.01. The van der Waals surface area contributed by atoms with Crippen LogP contribution >= 0.6 is 0 Å². The highest BCUT2D eigenvalue weighted by atomic mass is 16.4. The molecule has 0 spiro atoms. The summed E-state index contributed by atoms with van der Waals surface area (Å²) in [7, 11) is 1.62. The highest BCUT2D eigenvalue weighted by Gasteiger charge is 2.27. The number of aromatic amines is 1. The van der Waals surface area contributed by atoms with Crippen molar-refractivity contribution >= 4 is 17.8 Å². The molecule has 0 aliphatic heterocycles. The number of hydrogen-bond acceptors (Lipinski definition) is 6. The standard InChI is InChI=1S/C19H25N5O5/c1-20-14(7-12-5-3-2-4-6-12)17(25)24-16(19(28)29)10-22-15(18(26)27)8-13-9-21-11-23-13/h2-6,9,11,14-16,20,22H,7-8,10H2,1H3,(H,21,23)(H,24,25)(H,26,27)(H,28,29)/t14-,15-,16-/m0/s1. The molecule has 6 N–H and O–H groups in total. The molecule has 1 heterocycles. The summed E-state index contributed by atoms with van der Waals surface area (Å²) < 4.78 is 0. The van der Waals surface area contributed by atoms with E-state index in [4.69, 9.17) is 0 Å². The molecule has 2 rings (SSSR count). The van der Waals surface area contributed by atoms with Gasteiger partial charge in [-0.2, -0.15) is 0 Å². The maximum Gasteiger partial charge on any atom is 0.327 e. The quantitative estimate of drug-likeness (QED) is 0.274. The Bertz CT molecular complexity index is 797. The highest BCUT2D eigenvalue weighted by molar-refractivity contribution is 5.87. The van der Waals surface area contributed by atoms with Crippen LogP contribution in [0.3, 0.4) is 0 Å². The van der Waals surface area contributed by atoms with E-state index in [2.05, 4.69) is 25.9 Å². The van der Waals surface area contributed by atoms with E-state index in [-0.39, 0.29) is 13.0 Å². The first-order chi connectivity index (χ1) is 13.9. The Morgan fingerprint density at radius 2 is 1.72 bits per heavy atom. The molecule has 2 aromatic rings. The molecule has 1 aromatic heterocycles. The largest absolute Gasteiger partial charge is 0.480 e. The van der Waals surface area contributed by atoms with Crippen LogP contribution < -0.4 is 16.0 Å². The molecule has 0 fully saturated rings. The van der Waals surface area contributed by atoms with Crippen molar-refractivity contribution in [1.29, 1.82) is 0 Å². The minimum absolute atomic E-state index is 0.1000. The third-order valence-corrected chi connectivity index (χ3v) is 4.41. The highest BCUT2D eigenvalue weighted by Crippen LogP contribution is 2.04. The smallest absolute Gasteiger partial charge is 0.327 e. The summed E-state index contributed by atoms with van der Waals surface area (Å²) in [6.45, 7) is -0.242. The minimum atomic E-state index is -1.28. The molecule has 0 aliphatic rings. The third-order valence-electron chi connectivity index (χ3n) is 4.41. The summed E-state index contributed by atoms with van der Waals surface area (Å²) in [5.74, 6) is -2.87. The Balaban J connectivity index is 1.96. The lowest BCUT2D eigenvalue weighted by Crippen LogP contribution is -2.55. The minimum Gasteiger partial charge on any atom is -0.480 e. The first kappa shape index (κ1) is 22.1. The summed E-state index contributed by atoms with van der Waals surface area (Å²) in [5, 5.41) is 26.8. The zero-order chi connectivity index (χ0) is 21.2. The van der Waals surface area contributed by atoms with Crippen LogP contribution in [0.4, 0.5) is 0 Å². The Kier molecular flexibility index (Phi) is 8.31. The molecule has 0 saturated heterocycles. The van der Waals surface area contributed by atoms with Gasteiger partial charge < -0.3 is 31.1 Å². The number of carboxylic acid groups (broad SMARTS) is 2. The van der Waals surface area contributed by atoms with Crippen molar-refractivity contribution < 1.29 is 24.6 Å². The molecule has 0 aliphatic carbocycles. The molecule has 0 saturated carbocycles. The van der Waals surface area contributed by atoms with Crippen molar-refractivity contribution in [1.82, 2.24) is 25.9 Å². The van der Waals surface area contributed by atoms with E-state index in [1.165, 1.54) is 12.5 Å². The molecule has 10 nitrogen and oxygen atoms in total. The Hall–Kier alpha value is -3.24. The van der Waals surface area contributed by atoms with Gasteiger partial charge in [0.1, 0.15) is 12.1 Å². The van der Waals surface area contributed by atoms with Crippen molar-refractivity contribution in [3.8, 4) is 0 Å². The van der Waals surface area contributed by atoms with Gasteiger partial charge >= 0.3 is 11.9 Å². The topological polar surface area (TPSA) is 156 Å². The maximum atomic E-state index is 12.5. The van der Waals surface area contributed by atoms with Crippen LogP contribution in [0.15, 0.2) is 42.9 Å². The van der Waals surface area contributed by atoms with E-state index in [1.54, 1.807) is 7.05 Å². The number of carboxylic acids is 2. The van der Waals surface area contributed by atoms with E-state index in [9.17, 15) is 24.6 Å². The molecule has 3 atom stereocenters. The second-order valence-electron chi connectivity index (χ2n) is 6.51. The second-order valence-corrected chi connectivity index (χ2v) is 6.51.